The molecule has 13 nitrogen and oxygen atoms in total. The van der Waals surface area contributed by atoms with Crippen LogP contribution in [0, 0.1) is 19.8 Å². The van der Waals surface area contributed by atoms with E-state index in [1.807, 2.05) is 6.92 Å². The number of amides is 1. The molecule has 0 radical (unpaired) electrons. The topological polar surface area (TPSA) is 169 Å². The molecule has 1 aromatic heterocycles. The lowest BCUT2D eigenvalue weighted by atomic mass is 10.0. The smallest absolute Gasteiger partial charge is 0.267 e. The van der Waals surface area contributed by atoms with Gasteiger partial charge >= 0.3 is 0 Å². The SMILES string of the molecule is COc1ccc(S(=O)(=O)N(C)C[C@@H]2Oc3ccc(NS(=O)(=O)c4c(C)noc4C)cc3CC(=O)N([C@@H](C)CO)C[C@@H]2C)cc1. The first-order chi connectivity index (χ1) is 20.7. The lowest BCUT2D eigenvalue weighted by molar-refractivity contribution is -0.134. The molecule has 4 rings (SSSR count). The summed E-state index contributed by atoms with van der Waals surface area (Å²) >= 11 is 0. The lowest BCUT2D eigenvalue weighted by Gasteiger charge is -2.33. The van der Waals surface area contributed by atoms with E-state index in [9.17, 15) is 26.7 Å². The second kappa shape index (κ2) is 13.1. The van der Waals surface area contributed by atoms with Crippen molar-refractivity contribution in [3.63, 3.8) is 0 Å². The van der Waals surface area contributed by atoms with Crippen LogP contribution in [0.2, 0.25) is 0 Å². The van der Waals surface area contributed by atoms with Crippen LogP contribution in [0.1, 0.15) is 30.9 Å². The van der Waals surface area contributed by atoms with Crippen molar-refractivity contribution in [2.75, 3.05) is 38.6 Å². The highest BCUT2D eigenvalue weighted by atomic mass is 32.2. The predicted molar refractivity (Wildman–Crippen MR) is 162 cm³/mol. The van der Waals surface area contributed by atoms with Crippen LogP contribution < -0.4 is 14.2 Å². The van der Waals surface area contributed by atoms with Gasteiger partial charge in [-0.3, -0.25) is 9.52 Å². The first-order valence-electron chi connectivity index (χ1n) is 13.9. The number of ether oxygens (including phenoxy) is 2. The van der Waals surface area contributed by atoms with Gasteiger partial charge in [-0.25, -0.2) is 16.8 Å². The van der Waals surface area contributed by atoms with E-state index < -0.39 is 32.2 Å². The van der Waals surface area contributed by atoms with Crippen LogP contribution in [0.25, 0.3) is 0 Å². The van der Waals surface area contributed by atoms with Gasteiger partial charge in [0.25, 0.3) is 10.0 Å². The Balaban J connectivity index is 1.68. The summed E-state index contributed by atoms with van der Waals surface area (Å²) in [6.07, 6.45) is -0.851. The van der Waals surface area contributed by atoms with E-state index >= 15 is 0 Å². The van der Waals surface area contributed by atoms with E-state index in [1.165, 1.54) is 61.5 Å². The highest BCUT2D eigenvalue weighted by Gasteiger charge is 2.34. The number of nitrogens with one attached hydrogen (secondary N) is 1. The molecule has 2 heterocycles. The predicted octanol–water partition coefficient (Wildman–Crippen LogP) is 2.57. The molecule has 15 heteroatoms. The molecule has 0 saturated heterocycles. The maximum absolute atomic E-state index is 13.5. The average molecular weight is 651 g/mol. The van der Waals surface area contributed by atoms with E-state index in [4.69, 9.17) is 14.0 Å². The van der Waals surface area contributed by atoms with Crippen molar-refractivity contribution in [1.82, 2.24) is 14.4 Å². The summed E-state index contributed by atoms with van der Waals surface area (Å²) in [5.74, 6) is 0.311. The summed E-state index contributed by atoms with van der Waals surface area (Å²) in [6.45, 7) is 6.44. The molecular formula is C29H38N4O9S2. The molecule has 3 atom stereocenters. The Bertz CT molecular complexity index is 1690. The Morgan fingerprint density at radius 3 is 2.43 bits per heavy atom. The van der Waals surface area contributed by atoms with Gasteiger partial charge in [-0.2, -0.15) is 4.31 Å². The monoisotopic (exact) mass is 650 g/mol. The van der Waals surface area contributed by atoms with Crippen LogP contribution in [-0.2, 0) is 31.3 Å². The summed E-state index contributed by atoms with van der Waals surface area (Å²) in [5, 5.41) is 13.6. The van der Waals surface area contributed by atoms with Crippen molar-refractivity contribution in [3.05, 3.63) is 59.5 Å². The van der Waals surface area contributed by atoms with Gasteiger partial charge in [0, 0.05) is 30.8 Å². The number of anilines is 1. The fraction of sp³-hybridized carbons (Fsp3) is 0.448. The van der Waals surface area contributed by atoms with Gasteiger partial charge in [0.2, 0.25) is 15.9 Å². The molecule has 2 N–H and O–H groups in total. The van der Waals surface area contributed by atoms with E-state index in [-0.39, 0.29) is 64.9 Å². The highest BCUT2D eigenvalue weighted by Crippen LogP contribution is 2.31. The van der Waals surface area contributed by atoms with Crippen molar-refractivity contribution in [3.8, 4) is 11.5 Å². The van der Waals surface area contributed by atoms with Crippen molar-refractivity contribution in [2.24, 2.45) is 5.92 Å². The van der Waals surface area contributed by atoms with Crippen LogP contribution in [-0.4, -0.2) is 88.2 Å². The summed E-state index contributed by atoms with van der Waals surface area (Å²) < 4.78 is 73.4. The Hall–Kier alpha value is -3.66. The molecule has 1 aliphatic heterocycles. The van der Waals surface area contributed by atoms with Gasteiger partial charge in [-0.1, -0.05) is 12.1 Å². The molecule has 1 amide bonds. The third-order valence-corrected chi connectivity index (χ3v) is 11.1. The molecule has 0 spiro atoms. The maximum Gasteiger partial charge on any atom is 0.267 e. The van der Waals surface area contributed by atoms with Gasteiger partial charge in [0.05, 0.1) is 37.6 Å². The number of methoxy groups -OCH3 is 1. The average Bonchev–Trinajstić information content (AvgIpc) is 3.35. The van der Waals surface area contributed by atoms with Crippen LogP contribution in [0.15, 0.2) is 56.8 Å². The van der Waals surface area contributed by atoms with Gasteiger partial charge in [-0.05, 0) is 63.2 Å². The fourth-order valence-electron chi connectivity index (χ4n) is 5.05. The number of sulfonamides is 2. The van der Waals surface area contributed by atoms with Crippen molar-refractivity contribution in [1.29, 1.82) is 0 Å². The van der Waals surface area contributed by atoms with E-state index in [1.54, 1.807) is 25.1 Å². The minimum absolute atomic E-state index is 0.0507. The molecule has 2 aromatic carbocycles. The number of aliphatic hydroxyl groups is 1. The van der Waals surface area contributed by atoms with Crippen LogP contribution in [0.3, 0.4) is 0 Å². The molecule has 0 unspecified atom stereocenters. The maximum atomic E-state index is 13.5. The minimum atomic E-state index is -4.06. The normalized spacial score (nSPS) is 18.5. The molecule has 0 fully saturated rings. The molecule has 1 aliphatic rings. The third kappa shape index (κ3) is 7.01. The molecular weight excluding hydrogens is 612 g/mol. The highest BCUT2D eigenvalue weighted by molar-refractivity contribution is 7.92. The molecule has 3 aromatic rings. The number of benzene rings is 2. The number of carbonyl (C=O) groups is 1. The lowest BCUT2D eigenvalue weighted by Crippen LogP contribution is -2.48. The van der Waals surface area contributed by atoms with Crippen LogP contribution >= 0.6 is 0 Å². The number of fused-ring (bicyclic) bond motifs is 1. The summed E-state index contributed by atoms with van der Waals surface area (Å²) in [5.41, 5.74) is 0.782. The van der Waals surface area contributed by atoms with Gasteiger partial charge < -0.3 is 24.0 Å². The number of aliphatic hydroxyl groups excluding tert-OH is 1. The molecule has 240 valence electrons. The summed E-state index contributed by atoms with van der Waals surface area (Å²) in [7, 11) is -5.02. The van der Waals surface area contributed by atoms with Gasteiger partial charge in [0.1, 0.15) is 23.3 Å². The zero-order valence-electron chi connectivity index (χ0n) is 25.5. The number of likely N-dealkylation sites (N-methyl/N-ethyl adjacent to an activating group) is 1. The number of rotatable bonds is 10. The number of hydrogen-bond acceptors (Lipinski definition) is 10. The zero-order valence-corrected chi connectivity index (χ0v) is 27.1. The van der Waals surface area contributed by atoms with Crippen molar-refractivity contribution >= 4 is 31.6 Å². The zero-order chi connectivity index (χ0) is 32.4. The van der Waals surface area contributed by atoms with Crippen LogP contribution in [0.4, 0.5) is 5.69 Å². The van der Waals surface area contributed by atoms with E-state index in [2.05, 4.69) is 9.88 Å². The Morgan fingerprint density at radius 1 is 1.16 bits per heavy atom. The number of aromatic nitrogens is 1. The number of aryl methyl sites for hydroxylation is 2. The van der Waals surface area contributed by atoms with Crippen molar-refractivity contribution < 1.29 is 40.7 Å². The quantitative estimate of drug-likeness (QED) is 0.333. The number of carbonyl (C=O) groups excluding carboxylic acids is 1. The second-order valence-corrected chi connectivity index (χ2v) is 14.6. The first-order valence-corrected chi connectivity index (χ1v) is 16.9. The molecule has 0 aliphatic carbocycles. The fourth-order valence-corrected chi connectivity index (χ4v) is 7.62. The Kier molecular flexibility index (Phi) is 9.93. The van der Waals surface area contributed by atoms with Gasteiger partial charge in [0.15, 0.2) is 10.7 Å². The summed E-state index contributed by atoms with van der Waals surface area (Å²) in [6, 6.07) is 10.1. The molecule has 44 heavy (non-hydrogen) atoms. The molecule has 0 saturated carbocycles. The Labute approximate surface area is 257 Å². The Morgan fingerprint density at radius 2 is 1.84 bits per heavy atom. The van der Waals surface area contributed by atoms with E-state index in [0.29, 0.717) is 17.1 Å². The first kappa shape index (κ1) is 33.2. The third-order valence-electron chi connectivity index (χ3n) is 7.61. The van der Waals surface area contributed by atoms with Gasteiger partial charge in [-0.15, -0.1) is 0 Å². The van der Waals surface area contributed by atoms with E-state index in [0.717, 1.165) is 0 Å². The number of hydrogen-bond donors (Lipinski definition) is 2. The molecule has 0 bridgehead atoms. The second-order valence-electron chi connectivity index (χ2n) is 10.9. The van der Waals surface area contributed by atoms with Crippen LogP contribution in [0.5, 0.6) is 11.5 Å². The largest absolute Gasteiger partial charge is 0.497 e. The van der Waals surface area contributed by atoms with Crippen molar-refractivity contribution in [2.45, 2.75) is 56.1 Å². The standard InChI is InChI=1S/C29H38N4O9S2/c1-18-15-33(19(2)17-34)28(35)14-22-13-23(31-43(36,37)29-20(3)30-42-21(29)4)7-12-26(22)41-27(18)16-32(5)44(38,39)25-10-8-24(40-6)9-11-25/h7-13,18-19,27,31,34H,14-17H2,1-6H3/t18-,19-,27-/m0/s1. The summed E-state index contributed by atoms with van der Waals surface area (Å²) in [4.78, 5) is 15.1. The minimum Gasteiger partial charge on any atom is -0.497 e. The number of nitrogens with zero attached hydrogens (tertiary/aromatic N) is 3.